The van der Waals surface area contributed by atoms with Gasteiger partial charge in [0.1, 0.15) is 5.52 Å². The number of rotatable bonds is 6. The van der Waals surface area contributed by atoms with E-state index in [2.05, 4.69) is 15.0 Å². The number of sulfonamides is 1. The van der Waals surface area contributed by atoms with Gasteiger partial charge in [-0.05, 0) is 30.3 Å². The molecule has 0 saturated heterocycles. The predicted octanol–water partition coefficient (Wildman–Crippen LogP) is 2.49. The molecule has 7 heteroatoms. The topological polar surface area (TPSA) is 84.2 Å². The van der Waals surface area contributed by atoms with Crippen LogP contribution in [0.15, 0.2) is 52.9 Å². The smallest absolute Gasteiger partial charge is 0.295 e. The number of hydrogen-bond acceptors (Lipinski definition) is 5. The third-order valence-corrected chi connectivity index (χ3v) is 4.81. The third-order valence-electron chi connectivity index (χ3n) is 3.50. The Morgan fingerprint density at radius 3 is 2.48 bits per heavy atom. The first-order valence-corrected chi connectivity index (χ1v) is 8.80. The number of oxazole rings is 1. The second-order valence-corrected chi connectivity index (χ2v) is 7.00. The predicted molar refractivity (Wildman–Crippen MR) is 89.5 cm³/mol. The van der Waals surface area contributed by atoms with Gasteiger partial charge < -0.3 is 9.73 Å². The number of fused-ring (bicyclic) bond motifs is 1. The molecular formula is C16H17N3O3S. The monoisotopic (exact) mass is 331 g/mol. The number of aromatic nitrogens is 1. The molecule has 1 heterocycles. The maximum atomic E-state index is 11.8. The molecule has 0 aliphatic heterocycles. The Morgan fingerprint density at radius 2 is 1.74 bits per heavy atom. The highest BCUT2D eigenvalue weighted by Gasteiger charge is 2.12. The Labute approximate surface area is 134 Å². The van der Waals surface area contributed by atoms with Gasteiger partial charge >= 0.3 is 0 Å². The highest BCUT2D eigenvalue weighted by atomic mass is 32.2. The van der Waals surface area contributed by atoms with Crippen molar-refractivity contribution in [3.8, 4) is 0 Å². The lowest BCUT2D eigenvalue weighted by atomic mass is 10.1. The number of benzene rings is 2. The Morgan fingerprint density at radius 1 is 1.04 bits per heavy atom. The normalized spacial score (nSPS) is 11.7. The first kappa shape index (κ1) is 15.5. The van der Waals surface area contributed by atoms with Gasteiger partial charge in [0.05, 0.1) is 5.75 Å². The average molecular weight is 331 g/mol. The summed E-state index contributed by atoms with van der Waals surface area (Å²) in [6.45, 7) is 0.433. The Balaban J connectivity index is 1.77. The summed E-state index contributed by atoms with van der Waals surface area (Å²) >= 11 is 0. The molecule has 1 aromatic heterocycles. The Hall–Kier alpha value is -2.38. The van der Waals surface area contributed by atoms with Crippen LogP contribution in [0, 0.1) is 0 Å². The third kappa shape index (κ3) is 3.69. The quantitative estimate of drug-likeness (QED) is 0.725. The molecule has 0 unspecified atom stereocenters. The molecule has 6 nitrogen and oxygen atoms in total. The van der Waals surface area contributed by atoms with E-state index in [0.29, 0.717) is 18.1 Å². The molecule has 2 aromatic carbocycles. The zero-order chi connectivity index (χ0) is 16.3. The van der Waals surface area contributed by atoms with Gasteiger partial charge in [-0.25, -0.2) is 13.1 Å². The summed E-state index contributed by atoms with van der Waals surface area (Å²) in [5, 5.41) is 3.10. The highest BCUT2D eigenvalue weighted by Crippen LogP contribution is 2.19. The van der Waals surface area contributed by atoms with Crippen LogP contribution in [-0.2, 0) is 22.3 Å². The van der Waals surface area contributed by atoms with Crippen LogP contribution in [0.5, 0.6) is 0 Å². The molecule has 0 aliphatic rings. The van der Waals surface area contributed by atoms with Gasteiger partial charge in [0.25, 0.3) is 6.01 Å². The van der Waals surface area contributed by atoms with Gasteiger partial charge in [-0.15, -0.1) is 0 Å². The summed E-state index contributed by atoms with van der Waals surface area (Å²) in [6.07, 6.45) is 0. The molecule has 3 aromatic rings. The molecule has 0 atom stereocenters. The second-order valence-electron chi connectivity index (χ2n) is 5.07. The molecule has 0 aliphatic carbocycles. The highest BCUT2D eigenvalue weighted by molar-refractivity contribution is 7.88. The first-order chi connectivity index (χ1) is 11.1. The average Bonchev–Trinajstić information content (AvgIpc) is 2.96. The number of nitrogens with zero attached hydrogens (tertiary/aromatic N) is 1. The minimum atomic E-state index is -3.32. The van der Waals surface area contributed by atoms with Crippen LogP contribution in [0.4, 0.5) is 6.01 Å². The molecule has 0 amide bonds. The maximum absolute atomic E-state index is 11.8. The molecule has 0 bridgehead atoms. The van der Waals surface area contributed by atoms with Gasteiger partial charge in [0, 0.05) is 6.54 Å². The van der Waals surface area contributed by atoms with E-state index >= 15 is 0 Å². The lowest BCUT2D eigenvalue weighted by molar-refractivity contribution is 0.587. The summed E-state index contributed by atoms with van der Waals surface area (Å²) in [5.41, 5.74) is 3.11. The SMILES string of the molecule is CNS(=O)(=O)Cc1ccccc1CNc1nc2ccccc2o1. The molecule has 2 N–H and O–H groups in total. The van der Waals surface area contributed by atoms with E-state index in [1.165, 1.54) is 7.05 Å². The first-order valence-electron chi connectivity index (χ1n) is 7.15. The van der Waals surface area contributed by atoms with Crippen molar-refractivity contribution in [1.82, 2.24) is 9.71 Å². The molecule has 0 fully saturated rings. The minimum absolute atomic E-state index is 0.0606. The van der Waals surface area contributed by atoms with Crippen molar-refractivity contribution in [2.45, 2.75) is 12.3 Å². The van der Waals surface area contributed by atoms with Crippen LogP contribution in [0.3, 0.4) is 0 Å². The molecule has 0 radical (unpaired) electrons. The van der Waals surface area contributed by atoms with Crippen LogP contribution in [-0.4, -0.2) is 20.4 Å². The lowest BCUT2D eigenvalue weighted by Gasteiger charge is -2.09. The van der Waals surface area contributed by atoms with E-state index in [0.717, 1.165) is 16.6 Å². The summed E-state index contributed by atoms with van der Waals surface area (Å²) in [4.78, 5) is 4.34. The Kier molecular flexibility index (Phi) is 4.31. The van der Waals surface area contributed by atoms with Crippen molar-refractivity contribution in [2.75, 3.05) is 12.4 Å². The molecular weight excluding hydrogens is 314 g/mol. The maximum Gasteiger partial charge on any atom is 0.295 e. The number of nitrogens with one attached hydrogen (secondary N) is 2. The van der Waals surface area contributed by atoms with Crippen molar-refractivity contribution in [3.63, 3.8) is 0 Å². The fraction of sp³-hybridized carbons (Fsp3) is 0.188. The van der Waals surface area contributed by atoms with Gasteiger partial charge in [-0.1, -0.05) is 36.4 Å². The molecule has 0 saturated carbocycles. The van der Waals surface area contributed by atoms with Crippen molar-refractivity contribution < 1.29 is 12.8 Å². The van der Waals surface area contributed by atoms with Gasteiger partial charge in [0.2, 0.25) is 10.0 Å². The van der Waals surface area contributed by atoms with Crippen molar-refractivity contribution in [2.24, 2.45) is 0 Å². The van der Waals surface area contributed by atoms with E-state index in [-0.39, 0.29) is 5.75 Å². The summed E-state index contributed by atoms with van der Waals surface area (Å²) in [7, 11) is -1.90. The summed E-state index contributed by atoms with van der Waals surface area (Å²) < 4.78 is 31.4. The fourth-order valence-electron chi connectivity index (χ4n) is 2.27. The molecule has 0 spiro atoms. The number of anilines is 1. The van der Waals surface area contributed by atoms with Crippen LogP contribution in [0.2, 0.25) is 0 Å². The van der Waals surface area contributed by atoms with Crippen LogP contribution in [0.25, 0.3) is 11.1 Å². The molecule has 120 valence electrons. The van der Waals surface area contributed by atoms with Gasteiger partial charge in [-0.3, -0.25) is 0 Å². The summed E-state index contributed by atoms with van der Waals surface area (Å²) in [6, 6.07) is 15.3. The molecule has 3 rings (SSSR count). The van der Waals surface area contributed by atoms with E-state index in [1.807, 2.05) is 42.5 Å². The zero-order valence-electron chi connectivity index (χ0n) is 12.6. The summed E-state index contributed by atoms with van der Waals surface area (Å²) in [5.74, 6) is -0.0606. The fourth-order valence-corrected chi connectivity index (χ4v) is 3.10. The molecule has 23 heavy (non-hydrogen) atoms. The van der Waals surface area contributed by atoms with Crippen molar-refractivity contribution in [3.05, 3.63) is 59.7 Å². The number of hydrogen-bond donors (Lipinski definition) is 2. The Bertz CT molecular complexity index is 886. The van der Waals surface area contributed by atoms with Crippen LogP contribution < -0.4 is 10.0 Å². The standard InChI is InChI=1S/C16H17N3O3S/c1-17-23(20,21)11-13-7-3-2-6-12(13)10-18-16-19-14-8-4-5-9-15(14)22-16/h2-9,17H,10-11H2,1H3,(H,18,19). The second kappa shape index (κ2) is 6.39. The van der Waals surface area contributed by atoms with Crippen molar-refractivity contribution in [1.29, 1.82) is 0 Å². The zero-order valence-corrected chi connectivity index (χ0v) is 13.4. The minimum Gasteiger partial charge on any atom is -0.424 e. The van der Waals surface area contributed by atoms with E-state index in [9.17, 15) is 8.42 Å². The van der Waals surface area contributed by atoms with E-state index in [4.69, 9.17) is 4.42 Å². The van der Waals surface area contributed by atoms with Gasteiger partial charge in [-0.2, -0.15) is 4.98 Å². The van der Waals surface area contributed by atoms with Crippen molar-refractivity contribution >= 4 is 27.1 Å². The van der Waals surface area contributed by atoms with Gasteiger partial charge in [0.15, 0.2) is 5.58 Å². The lowest BCUT2D eigenvalue weighted by Crippen LogP contribution is -2.21. The van der Waals surface area contributed by atoms with E-state index < -0.39 is 10.0 Å². The largest absolute Gasteiger partial charge is 0.424 e. The van der Waals surface area contributed by atoms with Crippen LogP contribution in [0.1, 0.15) is 11.1 Å². The van der Waals surface area contributed by atoms with Crippen LogP contribution >= 0.6 is 0 Å². The van der Waals surface area contributed by atoms with E-state index in [1.54, 1.807) is 6.07 Å². The number of para-hydroxylation sites is 2.